The van der Waals surface area contributed by atoms with Crippen LogP contribution in [0.25, 0.3) is 0 Å². The molecule has 2 aromatic heterocycles. The number of nitrogens with one attached hydrogen (secondary N) is 1. The first-order valence-corrected chi connectivity index (χ1v) is 8.70. The summed E-state index contributed by atoms with van der Waals surface area (Å²) in [5, 5.41) is 7.76. The number of aromatic nitrogens is 1. The van der Waals surface area contributed by atoms with Gasteiger partial charge in [0.25, 0.3) is 0 Å². The van der Waals surface area contributed by atoms with E-state index in [0.717, 1.165) is 37.9 Å². The molecule has 1 saturated carbocycles. The van der Waals surface area contributed by atoms with Crippen LogP contribution >= 0.6 is 11.3 Å². The van der Waals surface area contributed by atoms with Gasteiger partial charge in [0, 0.05) is 25.7 Å². The Morgan fingerprint density at radius 3 is 2.81 bits per heavy atom. The molecule has 21 heavy (non-hydrogen) atoms. The predicted molar refractivity (Wildman–Crippen MR) is 88.2 cm³/mol. The fourth-order valence-corrected chi connectivity index (χ4v) is 3.21. The molecule has 112 valence electrons. The molecule has 2 aromatic rings. The van der Waals surface area contributed by atoms with E-state index in [1.807, 2.05) is 0 Å². The van der Waals surface area contributed by atoms with Crippen molar-refractivity contribution in [2.45, 2.75) is 45.4 Å². The molecule has 4 heteroatoms. The van der Waals surface area contributed by atoms with E-state index in [2.05, 4.69) is 52.2 Å². The molecule has 0 spiro atoms. The number of nitrogens with zero attached hydrogens (tertiary/aromatic N) is 2. The molecule has 1 aliphatic rings. The van der Waals surface area contributed by atoms with E-state index in [1.54, 1.807) is 11.3 Å². The zero-order valence-corrected chi connectivity index (χ0v) is 13.4. The Balaban J connectivity index is 1.65. The summed E-state index contributed by atoms with van der Waals surface area (Å²) in [5.74, 6) is 0. The molecule has 0 aromatic carbocycles. The lowest BCUT2D eigenvalue weighted by molar-refractivity contribution is 0.243. The maximum Gasteiger partial charge on any atom is 0.0548 e. The highest BCUT2D eigenvalue weighted by Crippen LogP contribution is 2.29. The summed E-state index contributed by atoms with van der Waals surface area (Å²) in [6.07, 6.45) is 2.67. The Morgan fingerprint density at radius 1 is 1.24 bits per heavy atom. The Hall–Kier alpha value is -1.23. The van der Waals surface area contributed by atoms with E-state index in [9.17, 15) is 0 Å². The van der Waals surface area contributed by atoms with Crippen molar-refractivity contribution >= 4 is 11.3 Å². The first kappa shape index (κ1) is 14.7. The van der Waals surface area contributed by atoms with Crippen molar-refractivity contribution < 1.29 is 0 Å². The van der Waals surface area contributed by atoms with E-state index >= 15 is 0 Å². The Kier molecular flexibility index (Phi) is 5.01. The minimum atomic E-state index is 0.754. The minimum absolute atomic E-state index is 0.754. The molecule has 3 nitrogen and oxygen atoms in total. The molecule has 0 aliphatic heterocycles. The van der Waals surface area contributed by atoms with Gasteiger partial charge >= 0.3 is 0 Å². The summed E-state index contributed by atoms with van der Waals surface area (Å²) in [5.41, 5.74) is 3.75. The molecule has 2 heterocycles. The lowest BCUT2D eigenvalue weighted by Crippen LogP contribution is -2.25. The summed E-state index contributed by atoms with van der Waals surface area (Å²) in [6, 6.07) is 9.37. The van der Waals surface area contributed by atoms with Crippen molar-refractivity contribution in [1.29, 1.82) is 0 Å². The van der Waals surface area contributed by atoms with Crippen LogP contribution in [0.3, 0.4) is 0 Å². The Morgan fingerprint density at radius 2 is 2.10 bits per heavy atom. The van der Waals surface area contributed by atoms with Crippen molar-refractivity contribution in [3.8, 4) is 0 Å². The van der Waals surface area contributed by atoms with Crippen LogP contribution in [0, 0.1) is 0 Å². The summed E-state index contributed by atoms with van der Waals surface area (Å²) in [7, 11) is 0. The van der Waals surface area contributed by atoms with Gasteiger partial charge < -0.3 is 5.32 Å². The van der Waals surface area contributed by atoms with Crippen LogP contribution in [0.1, 0.15) is 36.7 Å². The van der Waals surface area contributed by atoms with Gasteiger partial charge in [-0.25, -0.2) is 0 Å². The standard InChI is InChI=1S/C17H23N3S/c1-2-18-10-15-4-3-5-16(19-15)12-20(17-6-7-17)11-14-8-9-21-13-14/h3-5,8-9,13,17-18H,2,6-7,10-12H2,1H3. The van der Waals surface area contributed by atoms with Gasteiger partial charge in [0.2, 0.25) is 0 Å². The summed E-state index contributed by atoms with van der Waals surface area (Å²) < 4.78 is 0. The zero-order valence-electron chi connectivity index (χ0n) is 12.6. The van der Waals surface area contributed by atoms with Crippen molar-refractivity contribution in [1.82, 2.24) is 15.2 Å². The second-order valence-corrected chi connectivity index (χ2v) is 6.45. The van der Waals surface area contributed by atoms with Crippen LogP contribution in [0.15, 0.2) is 35.0 Å². The highest BCUT2D eigenvalue weighted by molar-refractivity contribution is 7.07. The number of hydrogen-bond donors (Lipinski definition) is 1. The molecular formula is C17H23N3S. The third-order valence-corrected chi connectivity index (χ3v) is 4.55. The molecule has 1 aliphatic carbocycles. The SMILES string of the molecule is CCNCc1cccc(CN(Cc2ccsc2)C2CC2)n1. The molecule has 0 radical (unpaired) electrons. The average molecular weight is 301 g/mol. The van der Waals surface area contributed by atoms with Crippen molar-refractivity contribution in [2.24, 2.45) is 0 Å². The number of hydrogen-bond acceptors (Lipinski definition) is 4. The van der Waals surface area contributed by atoms with Gasteiger partial charge in [0.15, 0.2) is 0 Å². The lowest BCUT2D eigenvalue weighted by Gasteiger charge is -2.21. The van der Waals surface area contributed by atoms with E-state index in [0.29, 0.717) is 0 Å². The first-order chi connectivity index (χ1) is 10.3. The lowest BCUT2D eigenvalue weighted by atomic mass is 10.2. The highest BCUT2D eigenvalue weighted by atomic mass is 32.1. The fraction of sp³-hybridized carbons (Fsp3) is 0.471. The Bertz CT molecular complexity index is 549. The van der Waals surface area contributed by atoms with Crippen molar-refractivity contribution in [2.75, 3.05) is 6.54 Å². The van der Waals surface area contributed by atoms with Gasteiger partial charge in [-0.1, -0.05) is 13.0 Å². The average Bonchev–Trinajstić information content (AvgIpc) is 3.23. The maximum absolute atomic E-state index is 4.79. The molecular weight excluding hydrogens is 278 g/mol. The summed E-state index contributed by atoms with van der Waals surface area (Å²) in [4.78, 5) is 7.36. The van der Waals surface area contributed by atoms with Gasteiger partial charge in [-0.15, -0.1) is 0 Å². The molecule has 1 fully saturated rings. The second kappa shape index (κ2) is 7.16. The van der Waals surface area contributed by atoms with Crippen LogP contribution in [-0.4, -0.2) is 22.5 Å². The van der Waals surface area contributed by atoms with Crippen LogP contribution in [0.5, 0.6) is 0 Å². The minimum Gasteiger partial charge on any atom is -0.311 e. The topological polar surface area (TPSA) is 28.2 Å². The van der Waals surface area contributed by atoms with Crippen LogP contribution in [0.4, 0.5) is 0 Å². The normalized spacial score (nSPS) is 14.8. The first-order valence-electron chi connectivity index (χ1n) is 7.76. The van der Waals surface area contributed by atoms with Gasteiger partial charge in [-0.05, 0) is 53.9 Å². The fourth-order valence-electron chi connectivity index (χ4n) is 2.55. The molecule has 3 rings (SSSR count). The molecule has 0 bridgehead atoms. The van der Waals surface area contributed by atoms with Gasteiger partial charge in [-0.3, -0.25) is 9.88 Å². The molecule has 0 atom stereocenters. The van der Waals surface area contributed by atoms with E-state index in [4.69, 9.17) is 4.98 Å². The quantitative estimate of drug-likeness (QED) is 0.810. The molecule has 1 N–H and O–H groups in total. The number of pyridine rings is 1. The van der Waals surface area contributed by atoms with Crippen molar-refractivity contribution in [3.05, 3.63) is 52.0 Å². The third kappa shape index (κ3) is 4.37. The maximum atomic E-state index is 4.79. The second-order valence-electron chi connectivity index (χ2n) is 5.67. The van der Waals surface area contributed by atoms with Crippen LogP contribution in [0.2, 0.25) is 0 Å². The largest absolute Gasteiger partial charge is 0.311 e. The van der Waals surface area contributed by atoms with E-state index in [-0.39, 0.29) is 0 Å². The zero-order chi connectivity index (χ0) is 14.5. The molecule has 0 unspecified atom stereocenters. The summed E-state index contributed by atoms with van der Waals surface area (Å²) in [6.45, 7) is 5.98. The smallest absolute Gasteiger partial charge is 0.0548 e. The van der Waals surface area contributed by atoms with Gasteiger partial charge in [-0.2, -0.15) is 11.3 Å². The van der Waals surface area contributed by atoms with E-state index < -0.39 is 0 Å². The number of thiophene rings is 1. The summed E-state index contributed by atoms with van der Waals surface area (Å²) >= 11 is 1.78. The van der Waals surface area contributed by atoms with E-state index in [1.165, 1.54) is 24.1 Å². The van der Waals surface area contributed by atoms with Crippen LogP contribution in [-0.2, 0) is 19.6 Å². The Labute approximate surface area is 131 Å². The highest BCUT2D eigenvalue weighted by Gasteiger charge is 2.29. The van der Waals surface area contributed by atoms with Crippen LogP contribution < -0.4 is 5.32 Å². The third-order valence-electron chi connectivity index (χ3n) is 3.81. The van der Waals surface area contributed by atoms with Gasteiger partial charge in [0.05, 0.1) is 11.4 Å². The molecule has 0 amide bonds. The number of rotatable bonds is 8. The van der Waals surface area contributed by atoms with Gasteiger partial charge in [0.1, 0.15) is 0 Å². The monoisotopic (exact) mass is 301 g/mol. The molecule has 0 saturated heterocycles. The van der Waals surface area contributed by atoms with Crippen molar-refractivity contribution in [3.63, 3.8) is 0 Å². The predicted octanol–water partition coefficient (Wildman–Crippen LogP) is 3.42.